The zero-order valence-corrected chi connectivity index (χ0v) is 17.3. The Labute approximate surface area is 172 Å². The van der Waals surface area contributed by atoms with Crippen molar-refractivity contribution in [2.45, 2.75) is 33.4 Å². The topological polar surface area (TPSA) is 107 Å². The minimum Gasteiger partial charge on any atom is -0.612 e. The Morgan fingerprint density at radius 3 is 2.10 bits per heavy atom. The summed E-state index contributed by atoms with van der Waals surface area (Å²) in [4.78, 5) is 11.8. The lowest BCUT2D eigenvalue weighted by atomic mass is 10.1. The van der Waals surface area contributed by atoms with E-state index in [0.717, 1.165) is 18.2 Å². The molecule has 0 bridgehead atoms. The number of hydrogen-bond donors (Lipinski definition) is 2. The van der Waals surface area contributed by atoms with Crippen LogP contribution in [0.2, 0.25) is 5.02 Å². The number of halogens is 4. The maximum Gasteiger partial charge on any atom is 0.426 e. The van der Waals surface area contributed by atoms with E-state index in [1.165, 1.54) is 30.5 Å². The zero-order valence-electron chi connectivity index (χ0n) is 15.0. The number of alkyl halides is 3. The Morgan fingerprint density at radius 2 is 1.66 bits per heavy atom. The quantitative estimate of drug-likeness (QED) is 0.654. The SMILES string of the molecule is C[S+]([O-])c1ccc(S(=O)(=O)c2ccc(NC(=O)C(C)(O)C(F)(F)F)c(Cl)c2)cc1. The number of amides is 1. The first-order chi connectivity index (χ1) is 13.2. The Kier molecular flexibility index (Phi) is 6.60. The summed E-state index contributed by atoms with van der Waals surface area (Å²) in [5.74, 6) is -1.77. The van der Waals surface area contributed by atoms with Gasteiger partial charge in [-0.15, -0.1) is 0 Å². The summed E-state index contributed by atoms with van der Waals surface area (Å²) < 4.78 is 75.0. The van der Waals surface area contributed by atoms with Crippen molar-refractivity contribution in [2.24, 2.45) is 0 Å². The molecule has 158 valence electrons. The molecule has 6 nitrogen and oxygen atoms in total. The van der Waals surface area contributed by atoms with Gasteiger partial charge in [0, 0.05) is 0 Å². The number of carbonyl (C=O) groups excluding carboxylic acids is 1. The van der Waals surface area contributed by atoms with Gasteiger partial charge in [-0.05, 0) is 60.6 Å². The second kappa shape index (κ2) is 8.15. The molecule has 2 aromatic carbocycles. The molecule has 1 amide bonds. The van der Waals surface area contributed by atoms with Gasteiger partial charge in [-0.1, -0.05) is 11.6 Å². The summed E-state index contributed by atoms with van der Waals surface area (Å²) in [6.07, 6.45) is -3.78. The van der Waals surface area contributed by atoms with E-state index >= 15 is 0 Å². The van der Waals surface area contributed by atoms with Crippen LogP contribution in [0.5, 0.6) is 0 Å². The van der Waals surface area contributed by atoms with Crippen molar-refractivity contribution in [1.29, 1.82) is 0 Å². The summed E-state index contributed by atoms with van der Waals surface area (Å²) in [7, 11) is -4.03. The summed E-state index contributed by atoms with van der Waals surface area (Å²) in [5, 5.41) is 10.8. The van der Waals surface area contributed by atoms with Crippen LogP contribution in [0.3, 0.4) is 0 Å². The largest absolute Gasteiger partial charge is 0.612 e. The Balaban J connectivity index is 2.32. The third kappa shape index (κ3) is 4.86. The van der Waals surface area contributed by atoms with Gasteiger partial charge in [0.2, 0.25) is 15.4 Å². The molecule has 0 aliphatic heterocycles. The molecule has 0 aromatic heterocycles. The first kappa shape index (κ1) is 23.5. The van der Waals surface area contributed by atoms with Crippen LogP contribution in [0.15, 0.2) is 57.2 Å². The lowest BCUT2D eigenvalue weighted by Gasteiger charge is -2.25. The lowest BCUT2D eigenvalue weighted by Crippen LogP contribution is -2.52. The maximum atomic E-state index is 12.7. The van der Waals surface area contributed by atoms with Gasteiger partial charge >= 0.3 is 6.18 Å². The third-order valence-corrected chi connectivity index (χ3v) is 6.98. The molecule has 2 unspecified atom stereocenters. The molecule has 29 heavy (non-hydrogen) atoms. The van der Waals surface area contributed by atoms with Gasteiger partial charge in [-0.3, -0.25) is 4.79 Å². The van der Waals surface area contributed by atoms with E-state index in [-0.39, 0.29) is 27.4 Å². The van der Waals surface area contributed by atoms with E-state index < -0.39 is 38.7 Å². The molecule has 0 fully saturated rings. The van der Waals surface area contributed by atoms with E-state index in [9.17, 15) is 36.0 Å². The lowest BCUT2D eigenvalue weighted by molar-refractivity contribution is -0.242. The summed E-state index contributed by atoms with van der Waals surface area (Å²) in [6, 6.07) is 8.31. The minimum absolute atomic E-state index is 0.112. The van der Waals surface area contributed by atoms with E-state index in [0.29, 0.717) is 4.90 Å². The van der Waals surface area contributed by atoms with Gasteiger partial charge in [-0.2, -0.15) is 13.2 Å². The number of sulfone groups is 1. The van der Waals surface area contributed by atoms with Crippen molar-refractivity contribution in [3.8, 4) is 0 Å². The molecule has 2 aromatic rings. The van der Waals surface area contributed by atoms with Crippen molar-refractivity contribution in [3.05, 3.63) is 47.5 Å². The average Bonchev–Trinajstić information content (AvgIpc) is 2.62. The highest BCUT2D eigenvalue weighted by Gasteiger charge is 2.55. The zero-order chi connectivity index (χ0) is 22.2. The van der Waals surface area contributed by atoms with Crippen molar-refractivity contribution < 1.29 is 36.0 Å². The molecule has 0 aliphatic carbocycles. The minimum atomic E-state index is -5.22. The molecular formula is C17H15ClF3NO5S2. The molecule has 0 saturated carbocycles. The highest BCUT2D eigenvalue weighted by molar-refractivity contribution is 7.91. The van der Waals surface area contributed by atoms with Crippen LogP contribution >= 0.6 is 11.6 Å². The number of hydrogen-bond acceptors (Lipinski definition) is 5. The molecule has 12 heteroatoms. The van der Waals surface area contributed by atoms with Crippen molar-refractivity contribution in [1.82, 2.24) is 0 Å². The predicted octanol–water partition coefficient (Wildman–Crippen LogP) is 3.16. The monoisotopic (exact) mass is 469 g/mol. The van der Waals surface area contributed by atoms with Crippen LogP contribution in [-0.4, -0.2) is 42.0 Å². The molecule has 0 radical (unpaired) electrons. The number of carbonyl (C=O) groups is 1. The first-order valence-electron chi connectivity index (χ1n) is 7.76. The second-order valence-corrected chi connectivity index (χ2v) is 9.83. The van der Waals surface area contributed by atoms with E-state index in [1.54, 1.807) is 0 Å². The third-order valence-electron chi connectivity index (χ3n) is 3.96. The fraction of sp³-hybridized carbons (Fsp3) is 0.235. The first-order valence-corrected chi connectivity index (χ1v) is 11.2. The smallest absolute Gasteiger partial charge is 0.426 e. The molecular weight excluding hydrogens is 455 g/mol. The average molecular weight is 470 g/mol. The highest BCUT2D eigenvalue weighted by Crippen LogP contribution is 2.33. The van der Waals surface area contributed by atoms with E-state index in [2.05, 4.69) is 0 Å². The van der Waals surface area contributed by atoms with Crippen LogP contribution < -0.4 is 5.32 Å². The van der Waals surface area contributed by atoms with Crippen LogP contribution in [-0.2, 0) is 25.8 Å². The van der Waals surface area contributed by atoms with Gasteiger partial charge in [0.25, 0.3) is 5.91 Å². The molecule has 0 heterocycles. The van der Waals surface area contributed by atoms with E-state index in [4.69, 9.17) is 11.6 Å². The van der Waals surface area contributed by atoms with Crippen molar-refractivity contribution in [2.75, 3.05) is 11.6 Å². The van der Waals surface area contributed by atoms with Crippen LogP contribution in [0.25, 0.3) is 0 Å². The molecule has 0 aliphatic rings. The predicted molar refractivity (Wildman–Crippen MR) is 101 cm³/mol. The summed E-state index contributed by atoms with van der Waals surface area (Å²) in [6.45, 7) is 0.280. The van der Waals surface area contributed by atoms with Gasteiger partial charge in [0.1, 0.15) is 6.26 Å². The van der Waals surface area contributed by atoms with Gasteiger partial charge in [0.05, 0.1) is 20.5 Å². The Bertz CT molecular complexity index is 1020. The number of anilines is 1. The Hall–Kier alpha value is -1.79. The van der Waals surface area contributed by atoms with Gasteiger partial charge in [-0.25, -0.2) is 8.42 Å². The second-order valence-electron chi connectivity index (χ2n) is 6.09. The van der Waals surface area contributed by atoms with Crippen molar-refractivity contribution >= 4 is 44.2 Å². The normalized spacial score (nSPS) is 15.4. The Morgan fingerprint density at radius 1 is 1.14 bits per heavy atom. The van der Waals surface area contributed by atoms with Crippen molar-refractivity contribution in [3.63, 3.8) is 0 Å². The summed E-state index contributed by atoms with van der Waals surface area (Å²) >= 11 is 4.62. The fourth-order valence-corrected chi connectivity index (χ4v) is 4.18. The fourth-order valence-electron chi connectivity index (χ4n) is 2.08. The van der Waals surface area contributed by atoms with Crippen LogP contribution in [0.1, 0.15) is 6.92 Å². The molecule has 2 N–H and O–H groups in total. The number of aliphatic hydroxyl groups is 1. The number of benzene rings is 2. The highest BCUT2D eigenvalue weighted by atomic mass is 35.5. The number of nitrogens with one attached hydrogen (secondary N) is 1. The molecule has 2 rings (SSSR count). The van der Waals surface area contributed by atoms with Gasteiger partial charge in [0.15, 0.2) is 4.90 Å². The molecule has 0 spiro atoms. The molecule has 2 atom stereocenters. The van der Waals surface area contributed by atoms with E-state index in [1.807, 2.05) is 5.32 Å². The number of rotatable bonds is 5. The molecule has 0 saturated heterocycles. The maximum absolute atomic E-state index is 12.7. The van der Waals surface area contributed by atoms with Gasteiger partial charge < -0.3 is 15.0 Å². The van der Waals surface area contributed by atoms with Crippen LogP contribution in [0.4, 0.5) is 18.9 Å². The summed E-state index contributed by atoms with van der Waals surface area (Å²) in [5.41, 5.74) is -3.97. The van der Waals surface area contributed by atoms with Crippen LogP contribution in [0, 0.1) is 0 Å². The standard InChI is InChI=1S/C17H15ClF3NO5S2/c1-16(24,17(19,20)21)15(23)22-14-8-7-12(9-13(14)18)29(26,27)11-5-3-10(4-6-11)28(2)25/h3-9,24H,1-2H3,(H,22,23).